The van der Waals surface area contributed by atoms with Crippen molar-refractivity contribution in [1.29, 1.82) is 0 Å². The zero-order chi connectivity index (χ0) is 41.8. The number of nitrogens with zero attached hydrogens (tertiary/aromatic N) is 5. The standard InChI is InChI=1S/C42H44FN9O7S/c1-58-32-23-26(9-10-29(32)47-39(55)34-13-12-33(60-34)25-5-2-3-6-25)46-37-28(43)24-45-42(49-37)51-18-16-50(17-19-51)20-22-59-21-15-44-30-8-4-7-27-36(30)41(57)52(40(27)56)31-11-14-35(53)48-38(31)54/h4-5,7-10,12-13,23-24,31,44H,2-3,6,11,14-22H2,1H3,(H,47,55)(H,45,46,49)(H,48,53,54). The van der Waals surface area contributed by atoms with Crippen molar-refractivity contribution in [3.63, 3.8) is 0 Å². The fraction of sp³-hybridized carbons (Fsp3) is 0.357. The average Bonchev–Trinajstić information content (AvgIpc) is 4.02. The highest BCUT2D eigenvalue weighted by atomic mass is 32.1. The summed E-state index contributed by atoms with van der Waals surface area (Å²) in [5.41, 5.74) is 3.19. The van der Waals surface area contributed by atoms with Gasteiger partial charge in [0.2, 0.25) is 17.8 Å². The second-order valence-electron chi connectivity index (χ2n) is 14.7. The molecular formula is C42H44FN9O7S. The smallest absolute Gasteiger partial charge is 0.265 e. The summed E-state index contributed by atoms with van der Waals surface area (Å²) in [5, 5.41) is 11.4. The lowest BCUT2D eigenvalue weighted by molar-refractivity contribution is -0.136. The van der Waals surface area contributed by atoms with E-state index in [4.69, 9.17) is 9.47 Å². The lowest BCUT2D eigenvalue weighted by atomic mass is 10.0. The molecule has 5 amide bonds. The maximum absolute atomic E-state index is 15.0. The largest absolute Gasteiger partial charge is 0.494 e. The van der Waals surface area contributed by atoms with E-state index < -0.39 is 35.5 Å². The van der Waals surface area contributed by atoms with Crippen LogP contribution >= 0.6 is 11.3 Å². The highest BCUT2D eigenvalue weighted by Gasteiger charge is 2.45. The lowest BCUT2D eigenvalue weighted by Crippen LogP contribution is -2.54. The van der Waals surface area contributed by atoms with Crippen molar-refractivity contribution in [3.8, 4) is 5.75 Å². The number of halogens is 1. The van der Waals surface area contributed by atoms with E-state index in [1.807, 2.05) is 17.0 Å². The molecule has 1 atom stereocenters. The highest BCUT2D eigenvalue weighted by Crippen LogP contribution is 2.35. The van der Waals surface area contributed by atoms with Crippen LogP contribution in [-0.2, 0) is 14.3 Å². The van der Waals surface area contributed by atoms with E-state index in [0.29, 0.717) is 73.0 Å². The molecule has 312 valence electrons. The number of piperazine rings is 1. The number of hydrogen-bond donors (Lipinski definition) is 4. The van der Waals surface area contributed by atoms with Crippen molar-refractivity contribution in [2.45, 2.75) is 38.1 Å². The van der Waals surface area contributed by atoms with Crippen LogP contribution in [0.25, 0.3) is 5.57 Å². The third-order valence-corrected chi connectivity index (χ3v) is 12.0. The van der Waals surface area contributed by atoms with Crippen molar-refractivity contribution in [2.75, 3.05) is 80.4 Å². The average molecular weight is 838 g/mol. The molecule has 1 unspecified atom stereocenters. The summed E-state index contributed by atoms with van der Waals surface area (Å²) in [6, 6.07) is 12.8. The molecule has 4 aliphatic rings. The fourth-order valence-corrected chi connectivity index (χ4v) is 8.67. The van der Waals surface area contributed by atoms with Gasteiger partial charge in [0.1, 0.15) is 11.8 Å². The molecule has 0 saturated carbocycles. The third kappa shape index (κ3) is 8.71. The fourth-order valence-electron chi connectivity index (χ4n) is 7.71. The summed E-state index contributed by atoms with van der Waals surface area (Å²) in [6.07, 6.45) is 6.76. The van der Waals surface area contributed by atoms with E-state index in [0.717, 1.165) is 48.3 Å². The first kappa shape index (κ1) is 40.5. The number of methoxy groups -OCH3 is 1. The molecule has 2 aromatic carbocycles. The van der Waals surface area contributed by atoms with Gasteiger partial charge < -0.3 is 30.3 Å². The number of ether oxygens (including phenoxy) is 2. The van der Waals surface area contributed by atoms with Gasteiger partial charge in [-0.05, 0) is 67.7 Å². The molecule has 60 heavy (non-hydrogen) atoms. The Balaban J connectivity index is 0.780. The number of amides is 5. The van der Waals surface area contributed by atoms with Crippen LogP contribution in [0.5, 0.6) is 5.75 Å². The molecule has 18 heteroatoms. The Morgan fingerprint density at radius 1 is 1.00 bits per heavy atom. The zero-order valence-corrected chi connectivity index (χ0v) is 33.7. The van der Waals surface area contributed by atoms with Gasteiger partial charge in [-0.15, -0.1) is 11.3 Å². The van der Waals surface area contributed by atoms with E-state index >= 15 is 0 Å². The number of thiophene rings is 1. The molecule has 2 saturated heterocycles. The van der Waals surface area contributed by atoms with Crippen LogP contribution in [0.3, 0.4) is 0 Å². The molecule has 16 nitrogen and oxygen atoms in total. The lowest BCUT2D eigenvalue weighted by Gasteiger charge is -2.34. The molecule has 8 rings (SSSR count). The van der Waals surface area contributed by atoms with Crippen LogP contribution < -0.4 is 30.9 Å². The third-order valence-electron chi connectivity index (χ3n) is 10.9. The molecule has 0 bridgehead atoms. The maximum Gasteiger partial charge on any atom is 0.265 e. The number of nitrogens with one attached hydrogen (secondary N) is 4. The minimum Gasteiger partial charge on any atom is -0.494 e. The van der Waals surface area contributed by atoms with E-state index in [1.54, 1.807) is 36.4 Å². The number of piperidine rings is 1. The van der Waals surface area contributed by atoms with Crippen molar-refractivity contribution in [3.05, 3.63) is 87.5 Å². The molecule has 2 fully saturated rings. The van der Waals surface area contributed by atoms with Crippen molar-refractivity contribution in [1.82, 2.24) is 25.1 Å². The number of anilines is 5. The van der Waals surface area contributed by atoms with Crippen LogP contribution in [0.2, 0.25) is 0 Å². The van der Waals surface area contributed by atoms with Gasteiger partial charge in [0.25, 0.3) is 17.7 Å². The summed E-state index contributed by atoms with van der Waals surface area (Å²) in [7, 11) is 1.50. The number of rotatable bonds is 15. The number of carbonyl (C=O) groups is 5. The topological polar surface area (TPSA) is 187 Å². The quantitative estimate of drug-likeness (QED) is 0.0937. The van der Waals surface area contributed by atoms with Gasteiger partial charge in [0, 0.05) is 68.0 Å². The SMILES string of the molecule is COc1cc(Nc2nc(N3CCN(CCOCCNc4cccc5c4C(=O)N(C4CCC(=O)NC4=O)C5=O)CC3)ncc2F)ccc1NC(=O)c1ccc(C2=CCCC2)s1. The second-order valence-corrected chi connectivity index (χ2v) is 15.8. The Morgan fingerprint density at radius 2 is 1.85 bits per heavy atom. The predicted octanol–water partition coefficient (Wildman–Crippen LogP) is 4.90. The zero-order valence-electron chi connectivity index (χ0n) is 32.9. The van der Waals surface area contributed by atoms with Crippen LogP contribution in [0, 0.1) is 5.82 Å². The summed E-state index contributed by atoms with van der Waals surface area (Å²) in [4.78, 5) is 79.2. The van der Waals surface area contributed by atoms with Crippen molar-refractivity contribution >= 4 is 75.3 Å². The van der Waals surface area contributed by atoms with Crippen LogP contribution in [0.1, 0.15) is 67.4 Å². The molecule has 1 aliphatic carbocycles. The molecule has 0 spiro atoms. The monoisotopic (exact) mass is 837 g/mol. The first-order valence-corrected chi connectivity index (χ1v) is 20.7. The number of fused-ring (bicyclic) bond motifs is 1. The molecule has 5 heterocycles. The Bertz CT molecular complexity index is 2360. The Hall–Kier alpha value is -6.24. The van der Waals surface area contributed by atoms with Gasteiger partial charge in [0.15, 0.2) is 11.6 Å². The van der Waals surface area contributed by atoms with Crippen LogP contribution in [-0.4, -0.2) is 115 Å². The summed E-state index contributed by atoms with van der Waals surface area (Å²) >= 11 is 1.47. The van der Waals surface area contributed by atoms with Crippen LogP contribution in [0.15, 0.2) is 60.8 Å². The molecule has 3 aliphatic heterocycles. The van der Waals surface area contributed by atoms with Gasteiger partial charge >= 0.3 is 0 Å². The Labute approximate surface area is 349 Å². The van der Waals surface area contributed by atoms with E-state index in [1.165, 1.54) is 24.0 Å². The first-order valence-electron chi connectivity index (χ1n) is 19.9. The number of imide groups is 2. The molecule has 4 N–H and O–H groups in total. The minimum absolute atomic E-state index is 0.0127. The van der Waals surface area contributed by atoms with E-state index in [2.05, 4.69) is 42.2 Å². The number of hydrogen-bond acceptors (Lipinski definition) is 14. The molecule has 0 radical (unpaired) electrons. The van der Waals surface area contributed by atoms with Gasteiger partial charge in [-0.3, -0.25) is 39.1 Å². The highest BCUT2D eigenvalue weighted by molar-refractivity contribution is 7.15. The van der Waals surface area contributed by atoms with E-state index in [9.17, 15) is 28.4 Å². The summed E-state index contributed by atoms with van der Waals surface area (Å²) < 4.78 is 26.4. The maximum atomic E-state index is 15.0. The molecule has 2 aromatic heterocycles. The van der Waals surface area contributed by atoms with Crippen molar-refractivity contribution in [2.24, 2.45) is 0 Å². The summed E-state index contributed by atoms with van der Waals surface area (Å²) in [6.45, 7) is 4.57. The Morgan fingerprint density at radius 3 is 2.63 bits per heavy atom. The number of aromatic nitrogens is 2. The molecular weight excluding hydrogens is 794 g/mol. The normalized spacial score (nSPS) is 18.0. The van der Waals surface area contributed by atoms with Gasteiger partial charge in [-0.25, -0.2) is 9.37 Å². The van der Waals surface area contributed by atoms with Crippen LogP contribution in [0.4, 0.5) is 33.2 Å². The van der Waals surface area contributed by atoms with Crippen molar-refractivity contribution < 1.29 is 37.8 Å². The first-order chi connectivity index (χ1) is 29.2. The summed E-state index contributed by atoms with van der Waals surface area (Å²) in [5.74, 6) is -2.23. The van der Waals surface area contributed by atoms with Gasteiger partial charge in [-0.1, -0.05) is 12.1 Å². The van der Waals surface area contributed by atoms with Gasteiger partial charge in [-0.2, -0.15) is 4.98 Å². The number of carbonyl (C=O) groups excluding carboxylic acids is 5. The predicted molar refractivity (Wildman–Crippen MR) is 223 cm³/mol. The van der Waals surface area contributed by atoms with Gasteiger partial charge in [0.05, 0.1) is 48.2 Å². The van der Waals surface area contributed by atoms with E-state index in [-0.39, 0.29) is 35.7 Å². The number of allylic oxidation sites excluding steroid dienone is 2. The molecule has 4 aromatic rings. The second kappa shape index (κ2) is 17.9. The Kier molecular flexibility index (Phi) is 12.1. The number of benzene rings is 2. The minimum atomic E-state index is -1.03.